The van der Waals surface area contributed by atoms with Crippen LogP contribution in [0.25, 0.3) is 10.4 Å². The van der Waals surface area contributed by atoms with Crippen LogP contribution in [-0.2, 0) is 46.4 Å². The molecule has 0 radical (unpaired) electrons. The lowest BCUT2D eigenvalue weighted by molar-refractivity contribution is -0.141. The summed E-state index contributed by atoms with van der Waals surface area (Å²) < 4.78 is 48.0. The molecule has 400 valence electrons. The second kappa shape index (κ2) is 26.6. The van der Waals surface area contributed by atoms with E-state index in [0.717, 1.165) is 39.9 Å². The molecule has 3 aromatic heterocycles. The van der Waals surface area contributed by atoms with Crippen LogP contribution in [0.3, 0.4) is 0 Å². The number of hydrogen-bond donors (Lipinski definition) is 4. The maximum absolute atomic E-state index is 14.3. The number of benzene rings is 3. The van der Waals surface area contributed by atoms with Crippen molar-refractivity contribution in [2.24, 2.45) is 5.92 Å². The first kappa shape index (κ1) is 55.1. The van der Waals surface area contributed by atoms with Gasteiger partial charge in [-0.25, -0.2) is 14.4 Å². The summed E-state index contributed by atoms with van der Waals surface area (Å²) in [6, 6.07) is 15.7. The highest BCUT2D eigenvalue weighted by atomic mass is 32.1. The Morgan fingerprint density at radius 3 is 2.36 bits per heavy atom. The van der Waals surface area contributed by atoms with Crippen molar-refractivity contribution in [3.63, 3.8) is 0 Å². The molecule has 6 aromatic rings. The number of phenolic OH excluding ortho intramolecular Hbond substituents is 1. The van der Waals surface area contributed by atoms with Crippen molar-refractivity contribution in [1.29, 1.82) is 0 Å². The molecular formula is C54H58FN7O12S2. The fourth-order valence-corrected chi connectivity index (χ4v) is 10.1. The van der Waals surface area contributed by atoms with Crippen molar-refractivity contribution < 1.29 is 62.0 Å². The molecule has 19 nitrogen and oxygen atoms in total. The highest BCUT2D eigenvalue weighted by Gasteiger charge is 2.44. The Kier molecular flexibility index (Phi) is 19.3. The van der Waals surface area contributed by atoms with Crippen LogP contribution in [0.4, 0.5) is 9.52 Å². The lowest BCUT2D eigenvalue weighted by Gasteiger charge is -2.28. The monoisotopic (exact) mass is 1080 g/mol. The number of ether oxygens (including phenoxy) is 5. The molecule has 4 unspecified atom stereocenters. The lowest BCUT2D eigenvalue weighted by atomic mass is 9.91. The number of aromatic nitrogens is 3. The Labute approximate surface area is 446 Å². The van der Waals surface area contributed by atoms with Gasteiger partial charge < -0.3 is 53.5 Å². The van der Waals surface area contributed by atoms with E-state index in [1.165, 1.54) is 27.3 Å². The van der Waals surface area contributed by atoms with Gasteiger partial charge in [0.25, 0.3) is 17.7 Å². The molecule has 0 saturated carbocycles. The van der Waals surface area contributed by atoms with E-state index in [4.69, 9.17) is 28.2 Å². The number of nitrogens with one attached hydrogen (secondary N) is 2. The van der Waals surface area contributed by atoms with Gasteiger partial charge in [-0.15, -0.1) is 22.7 Å². The van der Waals surface area contributed by atoms with Crippen LogP contribution in [0, 0.1) is 30.5 Å². The van der Waals surface area contributed by atoms with Crippen molar-refractivity contribution >= 4 is 51.4 Å². The van der Waals surface area contributed by atoms with Gasteiger partial charge in [-0.1, -0.05) is 56.0 Å². The van der Waals surface area contributed by atoms with Gasteiger partial charge in [0, 0.05) is 60.4 Å². The molecule has 4 atom stereocenters. The average molecular weight is 1080 g/mol. The second-order valence-corrected chi connectivity index (χ2v) is 19.9. The molecule has 0 bridgehead atoms. The molecule has 2 aliphatic heterocycles. The van der Waals surface area contributed by atoms with Crippen LogP contribution < -0.4 is 15.4 Å². The van der Waals surface area contributed by atoms with Crippen LogP contribution >= 0.6 is 22.7 Å². The van der Waals surface area contributed by atoms with Gasteiger partial charge in [0.15, 0.2) is 10.9 Å². The largest absolute Gasteiger partial charge is 0.508 e. The molecule has 8 rings (SSSR count). The van der Waals surface area contributed by atoms with Gasteiger partial charge in [0.05, 0.1) is 68.4 Å². The van der Waals surface area contributed by atoms with E-state index in [0.29, 0.717) is 67.2 Å². The minimum Gasteiger partial charge on any atom is -0.508 e. The summed E-state index contributed by atoms with van der Waals surface area (Å²) >= 11 is 2.75. The predicted octanol–water partition coefficient (Wildman–Crippen LogP) is 6.26. The first-order chi connectivity index (χ1) is 36.8. The number of rotatable bonds is 25. The third kappa shape index (κ3) is 14.2. The van der Waals surface area contributed by atoms with Crippen LogP contribution in [0.2, 0.25) is 0 Å². The number of amides is 4. The SMILES string of the molecule is Cc1ncsc1-c1ccc(CNC(=O)C2CC(O)CN2C(=O)C(c2cc(OCCOCCOCCOCCOCC#Cc3ccc4c(c3)C(=O)N(C(C(=O)Nc3nccs3)c3cc(F)ccc3O)C4)no2)C(C)C)cc1. The number of fused-ring (bicyclic) bond motifs is 1. The molecule has 5 heterocycles. The van der Waals surface area contributed by atoms with Gasteiger partial charge in [-0.3, -0.25) is 24.5 Å². The second-order valence-electron chi connectivity index (χ2n) is 18.1. The Morgan fingerprint density at radius 2 is 1.66 bits per heavy atom. The normalized spacial score (nSPS) is 15.8. The summed E-state index contributed by atoms with van der Waals surface area (Å²) in [5.74, 6) is 2.61. The number of likely N-dealkylation sites (tertiary alicyclic amines) is 1. The molecule has 3 aromatic carbocycles. The Balaban J connectivity index is 0.678. The first-order valence-corrected chi connectivity index (χ1v) is 26.4. The molecule has 76 heavy (non-hydrogen) atoms. The number of anilines is 1. The smallest absolute Gasteiger partial charge is 0.255 e. The number of aryl methyl sites for hydroxylation is 1. The molecule has 0 spiro atoms. The number of halogens is 1. The average Bonchev–Trinajstić information content (AvgIpc) is 4.29. The topological polar surface area (TPSA) is 237 Å². The van der Waals surface area contributed by atoms with Gasteiger partial charge in [0.1, 0.15) is 42.8 Å². The van der Waals surface area contributed by atoms with Crippen molar-refractivity contribution in [3.05, 3.63) is 129 Å². The number of aliphatic hydroxyl groups excluding tert-OH is 1. The van der Waals surface area contributed by atoms with E-state index in [-0.39, 0.29) is 80.8 Å². The number of carbonyl (C=O) groups is 4. The zero-order valence-corrected chi connectivity index (χ0v) is 43.7. The van der Waals surface area contributed by atoms with E-state index in [1.807, 2.05) is 50.5 Å². The molecule has 0 aliphatic carbocycles. The van der Waals surface area contributed by atoms with E-state index >= 15 is 0 Å². The van der Waals surface area contributed by atoms with Gasteiger partial charge in [0.2, 0.25) is 11.8 Å². The maximum Gasteiger partial charge on any atom is 0.255 e. The van der Waals surface area contributed by atoms with Crippen LogP contribution in [0.15, 0.2) is 88.3 Å². The molecule has 22 heteroatoms. The highest BCUT2D eigenvalue weighted by molar-refractivity contribution is 7.14. The van der Waals surface area contributed by atoms with E-state index in [1.54, 1.807) is 41.0 Å². The summed E-state index contributed by atoms with van der Waals surface area (Å²) in [5.41, 5.74) is 6.23. The third-order valence-electron chi connectivity index (χ3n) is 12.5. The molecule has 1 saturated heterocycles. The number of hydrogen-bond acceptors (Lipinski definition) is 17. The van der Waals surface area contributed by atoms with E-state index in [2.05, 4.69) is 37.6 Å². The number of nitrogens with zero attached hydrogens (tertiary/aromatic N) is 5. The Morgan fingerprint density at radius 1 is 0.921 bits per heavy atom. The van der Waals surface area contributed by atoms with E-state index < -0.39 is 41.7 Å². The number of carbonyl (C=O) groups excluding carboxylic acids is 4. The first-order valence-electron chi connectivity index (χ1n) is 24.6. The molecule has 4 amide bonds. The van der Waals surface area contributed by atoms with Gasteiger partial charge in [-0.2, -0.15) is 0 Å². The Hall–Kier alpha value is -7.10. The van der Waals surface area contributed by atoms with Crippen LogP contribution in [-0.4, -0.2) is 137 Å². The minimum atomic E-state index is -1.34. The molecule has 4 N–H and O–H groups in total. The minimum absolute atomic E-state index is 0.0223. The summed E-state index contributed by atoms with van der Waals surface area (Å²) in [5, 5.41) is 32.8. The van der Waals surface area contributed by atoms with Crippen LogP contribution in [0.1, 0.15) is 76.3 Å². The fourth-order valence-electron chi connectivity index (χ4n) is 8.76. The lowest BCUT2D eigenvalue weighted by Crippen LogP contribution is -2.48. The van der Waals surface area contributed by atoms with Crippen molar-refractivity contribution in [2.75, 3.05) is 71.3 Å². The number of aromatic hydroxyl groups is 1. The molecule has 1 fully saturated rings. The molecular weight excluding hydrogens is 1020 g/mol. The predicted molar refractivity (Wildman–Crippen MR) is 278 cm³/mol. The third-order valence-corrected chi connectivity index (χ3v) is 14.2. The van der Waals surface area contributed by atoms with Crippen molar-refractivity contribution in [1.82, 2.24) is 30.2 Å². The van der Waals surface area contributed by atoms with Gasteiger partial charge in [-0.05, 0) is 65.0 Å². The van der Waals surface area contributed by atoms with Gasteiger partial charge >= 0.3 is 0 Å². The summed E-state index contributed by atoms with van der Waals surface area (Å²) in [7, 11) is 0. The van der Waals surface area contributed by atoms with Crippen LogP contribution in [0.5, 0.6) is 11.6 Å². The summed E-state index contributed by atoms with van der Waals surface area (Å²) in [6.45, 7) is 8.54. The van der Waals surface area contributed by atoms with Crippen molar-refractivity contribution in [3.8, 4) is 33.9 Å². The highest BCUT2D eigenvalue weighted by Crippen LogP contribution is 2.37. The van der Waals surface area contributed by atoms with E-state index in [9.17, 15) is 33.8 Å². The summed E-state index contributed by atoms with van der Waals surface area (Å²) in [4.78, 5) is 66.8. The summed E-state index contributed by atoms with van der Waals surface area (Å²) in [6.07, 6.45) is 0.790. The number of aliphatic hydroxyl groups is 1. The number of phenols is 1. The zero-order chi connectivity index (χ0) is 53.6. The molecule has 2 aliphatic rings. The maximum atomic E-state index is 14.3. The quantitative estimate of drug-likeness (QED) is 0.0366. The number of β-amino-alcohol motifs (C(OH)–C–C–N with tert-alkyl or cyclic N) is 1. The standard InChI is InChI=1S/C54H58FN7O12S2/c1-33(2)47(53(68)61-31-40(63)27-43(61)50(65)57-29-36-7-9-37(10-8-36)49-34(3)58-32-76-49)45-28-46(60-74-45)73-23-22-72-21-20-71-19-18-70-17-16-69-15-4-5-35-6-11-38-30-62(52(67)41(38)25-35)48(42-26-39(55)12-13-44(42)64)51(66)59-54-56-14-24-75-54/h6-14,24-26,28,32-33,40,43,47-48,63-64H,15-23,27,29-31H2,1-3H3,(H,57,65)(H,56,59,66). The zero-order valence-electron chi connectivity index (χ0n) is 42.1. The number of thiazole rings is 2. The fraction of sp³-hybridized carbons (Fsp3) is 0.389. The van der Waals surface area contributed by atoms with Crippen molar-refractivity contribution in [2.45, 2.75) is 64.4 Å². The Bertz CT molecular complexity index is 2990.